The van der Waals surface area contributed by atoms with Gasteiger partial charge in [-0.05, 0) is 32.1 Å². The molecular formula is C12H24N2. The zero-order chi connectivity index (χ0) is 9.97. The van der Waals surface area contributed by atoms with Crippen molar-refractivity contribution in [1.82, 2.24) is 10.2 Å². The third kappa shape index (κ3) is 2.48. The molecule has 0 amide bonds. The minimum absolute atomic E-state index is 0.795. The Bertz CT molecular complexity index is 177. The van der Waals surface area contributed by atoms with Crippen LogP contribution in [0.2, 0.25) is 0 Å². The van der Waals surface area contributed by atoms with E-state index >= 15 is 0 Å². The zero-order valence-corrected chi connectivity index (χ0v) is 9.63. The minimum Gasteiger partial charge on any atom is -0.311 e. The summed E-state index contributed by atoms with van der Waals surface area (Å²) in [7, 11) is 0. The van der Waals surface area contributed by atoms with Gasteiger partial charge in [-0.3, -0.25) is 4.90 Å². The lowest BCUT2D eigenvalue weighted by Gasteiger charge is -2.37. The molecule has 82 valence electrons. The van der Waals surface area contributed by atoms with Crippen molar-refractivity contribution in [2.45, 2.75) is 51.6 Å². The van der Waals surface area contributed by atoms with Gasteiger partial charge in [-0.1, -0.05) is 13.3 Å². The molecule has 2 nitrogen and oxygen atoms in total. The quantitative estimate of drug-likeness (QED) is 0.738. The van der Waals surface area contributed by atoms with E-state index in [1.54, 1.807) is 0 Å². The van der Waals surface area contributed by atoms with Crippen molar-refractivity contribution in [2.24, 2.45) is 5.92 Å². The zero-order valence-electron chi connectivity index (χ0n) is 9.63. The van der Waals surface area contributed by atoms with Crippen molar-refractivity contribution in [3.63, 3.8) is 0 Å². The minimum atomic E-state index is 0.795. The highest BCUT2D eigenvalue weighted by molar-refractivity contribution is 4.92. The third-order valence-corrected chi connectivity index (χ3v) is 3.76. The highest BCUT2D eigenvalue weighted by Crippen LogP contribution is 2.34. The van der Waals surface area contributed by atoms with Crippen molar-refractivity contribution in [1.29, 1.82) is 0 Å². The van der Waals surface area contributed by atoms with Crippen LogP contribution in [0, 0.1) is 5.92 Å². The van der Waals surface area contributed by atoms with E-state index in [1.807, 2.05) is 0 Å². The van der Waals surface area contributed by atoms with E-state index in [0.29, 0.717) is 0 Å². The Morgan fingerprint density at radius 2 is 2.21 bits per heavy atom. The van der Waals surface area contributed by atoms with E-state index in [9.17, 15) is 0 Å². The monoisotopic (exact) mass is 196 g/mol. The summed E-state index contributed by atoms with van der Waals surface area (Å²) in [6.45, 7) is 8.43. The lowest BCUT2D eigenvalue weighted by Crippen LogP contribution is -2.54. The summed E-state index contributed by atoms with van der Waals surface area (Å²) in [6.07, 6.45) is 5.61. The third-order valence-electron chi connectivity index (χ3n) is 3.76. The molecule has 0 bridgehead atoms. The van der Waals surface area contributed by atoms with Gasteiger partial charge in [0.1, 0.15) is 0 Å². The Balaban J connectivity index is 1.80. The molecule has 1 aliphatic heterocycles. The second kappa shape index (κ2) is 4.63. The van der Waals surface area contributed by atoms with Crippen LogP contribution < -0.4 is 5.32 Å². The number of nitrogens with one attached hydrogen (secondary N) is 1. The average Bonchev–Trinajstić information content (AvgIpc) is 3.02. The van der Waals surface area contributed by atoms with Gasteiger partial charge in [0, 0.05) is 31.7 Å². The summed E-state index contributed by atoms with van der Waals surface area (Å²) in [6, 6.07) is 1.60. The normalized spacial score (nSPS) is 31.7. The van der Waals surface area contributed by atoms with Crippen molar-refractivity contribution in [2.75, 3.05) is 19.6 Å². The van der Waals surface area contributed by atoms with Gasteiger partial charge >= 0.3 is 0 Å². The van der Waals surface area contributed by atoms with E-state index in [-0.39, 0.29) is 0 Å². The number of rotatable bonds is 4. The van der Waals surface area contributed by atoms with Gasteiger partial charge in [0.05, 0.1) is 0 Å². The van der Waals surface area contributed by atoms with Gasteiger partial charge in [0.25, 0.3) is 0 Å². The first-order chi connectivity index (χ1) is 6.81. The van der Waals surface area contributed by atoms with Crippen molar-refractivity contribution in [3.05, 3.63) is 0 Å². The summed E-state index contributed by atoms with van der Waals surface area (Å²) in [4.78, 5) is 2.68. The van der Waals surface area contributed by atoms with Gasteiger partial charge in [0.15, 0.2) is 0 Å². The fourth-order valence-corrected chi connectivity index (χ4v) is 2.62. The molecule has 14 heavy (non-hydrogen) atoms. The van der Waals surface area contributed by atoms with Crippen LogP contribution in [0.5, 0.6) is 0 Å². The molecule has 2 heteroatoms. The van der Waals surface area contributed by atoms with E-state index < -0.39 is 0 Å². The van der Waals surface area contributed by atoms with E-state index in [1.165, 1.54) is 45.3 Å². The maximum Gasteiger partial charge on any atom is 0.0223 e. The van der Waals surface area contributed by atoms with E-state index in [4.69, 9.17) is 0 Å². The van der Waals surface area contributed by atoms with Crippen LogP contribution in [-0.2, 0) is 0 Å². The van der Waals surface area contributed by atoms with E-state index in [2.05, 4.69) is 24.1 Å². The summed E-state index contributed by atoms with van der Waals surface area (Å²) in [5.74, 6) is 1.01. The summed E-state index contributed by atoms with van der Waals surface area (Å²) < 4.78 is 0. The SMILES string of the molecule is CCCC(C)N1CCNC(C2CC2)C1. The van der Waals surface area contributed by atoms with Gasteiger partial charge in [-0.15, -0.1) is 0 Å². The van der Waals surface area contributed by atoms with Crippen LogP contribution in [0.15, 0.2) is 0 Å². The number of nitrogens with zero attached hydrogens (tertiary/aromatic N) is 1. The van der Waals surface area contributed by atoms with Crippen LogP contribution in [-0.4, -0.2) is 36.6 Å². The Hall–Kier alpha value is -0.0800. The highest BCUT2D eigenvalue weighted by Gasteiger charge is 2.34. The molecule has 0 spiro atoms. The predicted octanol–water partition coefficient (Wildman–Crippen LogP) is 1.86. The first-order valence-electron chi connectivity index (χ1n) is 6.28. The largest absolute Gasteiger partial charge is 0.311 e. The molecule has 0 aromatic carbocycles. The van der Waals surface area contributed by atoms with E-state index in [0.717, 1.165) is 18.0 Å². The fraction of sp³-hybridized carbons (Fsp3) is 1.00. The first kappa shape index (κ1) is 10.4. The topological polar surface area (TPSA) is 15.3 Å². The molecule has 2 rings (SSSR count). The molecule has 1 heterocycles. The van der Waals surface area contributed by atoms with Gasteiger partial charge in [0.2, 0.25) is 0 Å². The molecule has 1 aliphatic carbocycles. The summed E-state index contributed by atoms with van der Waals surface area (Å²) in [5.41, 5.74) is 0. The van der Waals surface area contributed by atoms with Crippen molar-refractivity contribution < 1.29 is 0 Å². The van der Waals surface area contributed by atoms with Gasteiger partial charge in [-0.25, -0.2) is 0 Å². The van der Waals surface area contributed by atoms with Crippen LogP contribution in [0.1, 0.15) is 39.5 Å². The standard InChI is InChI=1S/C12H24N2/c1-3-4-10(2)14-8-7-13-12(9-14)11-5-6-11/h10-13H,3-9H2,1-2H3. The van der Waals surface area contributed by atoms with Crippen LogP contribution in [0.4, 0.5) is 0 Å². The second-order valence-electron chi connectivity index (χ2n) is 5.03. The Morgan fingerprint density at radius 1 is 1.43 bits per heavy atom. The van der Waals surface area contributed by atoms with Crippen LogP contribution >= 0.6 is 0 Å². The fourth-order valence-electron chi connectivity index (χ4n) is 2.62. The lowest BCUT2D eigenvalue weighted by atomic mass is 10.1. The molecule has 2 unspecified atom stereocenters. The Morgan fingerprint density at radius 3 is 2.86 bits per heavy atom. The number of hydrogen-bond acceptors (Lipinski definition) is 2. The summed E-state index contributed by atoms with van der Waals surface area (Å²) >= 11 is 0. The molecule has 0 aromatic rings. The first-order valence-corrected chi connectivity index (χ1v) is 6.28. The summed E-state index contributed by atoms with van der Waals surface area (Å²) in [5, 5.41) is 3.67. The lowest BCUT2D eigenvalue weighted by molar-refractivity contribution is 0.138. The molecule has 1 saturated heterocycles. The van der Waals surface area contributed by atoms with Crippen molar-refractivity contribution in [3.8, 4) is 0 Å². The van der Waals surface area contributed by atoms with Crippen LogP contribution in [0.3, 0.4) is 0 Å². The van der Waals surface area contributed by atoms with Crippen molar-refractivity contribution >= 4 is 0 Å². The molecule has 0 radical (unpaired) electrons. The molecule has 2 fully saturated rings. The molecule has 1 saturated carbocycles. The predicted molar refractivity (Wildman–Crippen MR) is 60.5 cm³/mol. The Labute approximate surface area is 88.1 Å². The smallest absolute Gasteiger partial charge is 0.0223 e. The molecule has 1 N–H and O–H groups in total. The molecule has 2 aliphatic rings. The van der Waals surface area contributed by atoms with Gasteiger partial charge < -0.3 is 5.32 Å². The number of piperazine rings is 1. The highest BCUT2D eigenvalue weighted by atomic mass is 15.2. The van der Waals surface area contributed by atoms with Gasteiger partial charge in [-0.2, -0.15) is 0 Å². The maximum atomic E-state index is 3.67. The molecule has 2 atom stereocenters. The van der Waals surface area contributed by atoms with Crippen LogP contribution in [0.25, 0.3) is 0 Å². The Kier molecular flexibility index (Phi) is 3.45. The number of hydrogen-bond donors (Lipinski definition) is 1. The maximum absolute atomic E-state index is 3.67. The molecular weight excluding hydrogens is 172 g/mol. The average molecular weight is 196 g/mol. The second-order valence-corrected chi connectivity index (χ2v) is 5.03. The molecule has 0 aromatic heterocycles.